The molecule has 1 aromatic carbocycles. The van der Waals surface area contributed by atoms with Crippen molar-refractivity contribution in [3.63, 3.8) is 0 Å². The number of carbonyl (C=O) groups is 1. The number of anilines is 1. The Bertz CT molecular complexity index is 914. The van der Waals surface area contributed by atoms with Gasteiger partial charge in [0, 0.05) is 30.2 Å². The number of thiophene rings is 1. The second kappa shape index (κ2) is 7.33. The summed E-state index contributed by atoms with van der Waals surface area (Å²) in [4.78, 5) is 17.1. The average Bonchev–Trinajstić information content (AvgIpc) is 3.31. The van der Waals surface area contributed by atoms with E-state index >= 15 is 0 Å². The van der Waals surface area contributed by atoms with E-state index in [1.54, 1.807) is 11.3 Å². The van der Waals surface area contributed by atoms with Crippen molar-refractivity contribution in [1.82, 2.24) is 15.5 Å². The first-order valence-corrected chi connectivity index (χ1v) is 9.75. The van der Waals surface area contributed by atoms with Crippen molar-refractivity contribution in [3.8, 4) is 10.6 Å². The lowest BCUT2D eigenvalue weighted by Crippen LogP contribution is -2.37. The molecule has 5 nitrogen and oxygen atoms in total. The molecule has 0 saturated heterocycles. The van der Waals surface area contributed by atoms with Crippen molar-refractivity contribution in [1.29, 1.82) is 0 Å². The minimum absolute atomic E-state index is 0.133. The van der Waals surface area contributed by atoms with E-state index in [0.717, 1.165) is 36.5 Å². The molecule has 2 N–H and O–H groups in total. The highest BCUT2D eigenvalue weighted by Gasteiger charge is 2.17. The summed E-state index contributed by atoms with van der Waals surface area (Å²) in [5.74, 6) is -0.133. The van der Waals surface area contributed by atoms with E-state index in [0.29, 0.717) is 12.2 Å². The van der Waals surface area contributed by atoms with E-state index in [9.17, 15) is 4.79 Å². The van der Waals surface area contributed by atoms with Crippen LogP contribution in [-0.4, -0.2) is 35.7 Å². The van der Waals surface area contributed by atoms with Crippen LogP contribution in [0, 0.1) is 6.92 Å². The topological polar surface area (TPSA) is 61.0 Å². The lowest BCUT2D eigenvalue weighted by molar-refractivity contribution is 0.0949. The van der Waals surface area contributed by atoms with Crippen molar-refractivity contribution in [2.45, 2.75) is 19.8 Å². The molecular formula is C20H22N4OS. The third-order valence-electron chi connectivity index (χ3n) is 4.69. The van der Waals surface area contributed by atoms with Gasteiger partial charge in [0.25, 0.3) is 5.91 Å². The third kappa shape index (κ3) is 3.51. The molecule has 0 saturated carbocycles. The zero-order valence-corrected chi connectivity index (χ0v) is 15.6. The smallest absolute Gasteiger partial charge is 0.271 e. The van der Waals surface area contributed by atoms with Gasteiger partial charge in [-0.25, -0.2) is 0 Å². The summed E-state index contributed by atoms with van der Waals surface area (Å²) in [5, 5.41) is 10.1. The number of aromatic amines is 1. The first-order valence-electron chi connectivity index (χ1n) is 8.94. The monoisotopic (exact) mass is 366 g/mol. The molecule has 6 heteroatoms. The quantitative estimate of drug-likeness (QED) is 0.725. The molecule has 0 radical (unpaired) electrons. The molecule has 1 aliphatic rings. The van der Waals surface area contributed by atoms with E-state index in [1.165, 1.54) is 16.1 Å². The summed E-state index contributed by atoms with van der Waals surface area (Å²) >= 11 is 1.69. The van der Waals surface area contributed by atoms with Crippen molar-refractivity contribution in [3.05, 3.63) is 58.6 Å². The normalized spacial score (nSPS) is 13.5. The van der Waals surface area contributed by atoms with E-state index in [1.807, 2.05) is 12.1 Å². The molecule has 134 valence electrons. The third-order valence-corrected chi connectivity index (χ3v) is 5.72. The van der Waals surface area contributed by atoms with Crippen LogP contribution in [0.3, 0.4) is 0 Å². The largest absolute Gasteiger partial charge is 0.370 e. The first-order chi connectivity index (χ1) is 12.7. The van der Waals surface area contributed by atoms with E-state index in [2.05, 4.69) is 57.7 Å². The summed E-state index contributed by atoms with van der Waals surface area (Å²) in [6.07, 6.45) is 2.30. The number of aryl methyl sites for hydroxylation is 2. The minimum atomic E-state index is -0.133. The molecule has 0 fully saturated rings. The van der Waals surface area contributed by atoms with Gasteiger partial charge in [0.1, 0.15) is 0 Å². The first kappa shape index (κ1) is 16.8. The number of fused-ring (bicyclic) bond motifs is 1. The maximum Gasteiger partial charge on any atom is 0.271 e. The standard InChI is InChI=1S/C20H22N4OS/c1-14-8-9-19(26-14)16-13-17(23-22-16)20(25)21-10-12-24-11-4-6-15-5-2-3-7-18(15)24/h2-3,5,7-9,13H,4,6,10-12H2,1H3,(H,21,25)(H,22,23). The Labute approximate surface area is 157 Å². The second-order valence-electron chi connectivity index (χ2n) is 6.55. The van der Waals surface area contributed by atoms with Gasteiger partial charge in [-0.1, -0.05) is 18.2 Å². The van der Waals surface area contributed by atoms with Gasteiger partial charge < -0.3 is 10.2 Å². The van der Waals surface area contributed by atoms with Crippen LogP contribution in [0.25, 0.3) is 10.6 Å². The summed E-state index contributed by atoms with van der Waals surface area (Å²) in [6, 6.07) is 14.5. The van der Waals surface area contributed by atoms with E-state index in [4.69, 9.17) is 0 Å². The SMILES string of the molecule is Cc1ccc(-c2cc(C(=O)NCCN3CCCc4ccccc43)n[nH]2)s1. The molecule has 26 heavy (non-hydrogen) atoms. The zero-order chi connectivity index (χ0) is 17.9. The zero-order valence-electron chi connectivity index (χ0n) is 14.8. The molecule has 3 heterocycles. The summed E-state index contributed by atoms with van der Waals surface area (Å²) in [6.45, 7) is 4.52. The van der Waals surface area contributed by atoms with Crippen LogP contribution < -0.4 is 10.2 Å². The van der Waals surface area contributed by atoms with Gasteiger partial charge in [-0.3, -0.25) is 9.89 Å². The molecule has 0 atom stereocenters. The van der Waals surface area contributed by atoms with Gasteiger partial charge in [-0.2, -0.15) is 5.10 Å². The van der Waals surface area contributed by atoms with Crippen LogP contribution in [0.1, 0.15) is 27.3 Å². The lowest BCUT2D eigenvalue weighted by atomic mass is 10.0. The van der Waals surface area contributed by atoms with Crippen LogP contribution in [0.5, 0.6) is 0 Å². The highest BCUT2D eigenvalue weighted by atomic mass is 32.1. The predicted molar refractivity (Wildman–Crippen MR) is 106 cm³/mol. The number of nitrogens with one attached hydrogen (secondary N) is 2. The maximum absolute atomic E-state index is 12.4. The fraction of sp³-hybridized carbons (Fsp3) is 0.300. The van der Waals surface area contributed by atoms with Crippen molar-refractivity contribution >= 4 is 22.9 Å². The van der Waals surface area contributed by atoms with Crippen LogP contribution in [0.2, 0.25) is 0 Å². The van der Waals surface area contributed by atoms with Gasteiger partial charge in [0.15, 0.2) is 5.69 Å². The number of para-hydroxylation sites is 1. The molecule has 2 aromatic heterocycles. The molecular weight excluding hydrogens is 344 g/mol. The molecule has 0 aliphatic carbocycles. The Morgan fingerprint density at radius 1 is 1.31 bits per heavy atom. The van der Waals surface area contributed by atoms with E-state index in [-0.39, 0.29) is 5.91 Å². The Balaban J connectivity index is 1.34. The highest BCUT2D eigenvalue weighted by Crippen LogP contribution is 2.27. The summed E-state index contributed by atoms with van der Waals surface area (Å²) in [7, 11) is 0. The van der Waals surface area contributed by atoms with Crippen molar-refractivity contribution < 1.29 is 4.79 Å². The summed E-state index contributed by atoms with van der Waals surface area (Å²) in [5.41, 5.74) is 4.01. The Hall–Kier alpha value is -2.60. The molecule has 3 aromatic rings. The van der Waals surface area contributed by atoms with Gasteiger partial charge in [-0.15, -0.1) is 11.3 Å². The number of nitrogens with zero attached hydrogens (tertiary/aromatic N) is 2. The van der Waals surface area contributed by atoms with Crippen LogP contribution in [0.4, 0.5) is 5.69 Å². The molecule has 0 spiro atoms. The van der Waals surface area contributed by atoms with Gasteiger partial charge in [0.05, 0.1) is 10.6 Å². The fourth-order valence-corrected chi connectivity index (χ4v) is 4.22. The van der Waals surface area contributed by atoms with Crippen LogP contribution >= 0.6 is 11.3 Å². The number of hydrogen-bond donors (Lipinski definition) is 2. The van der Waals surface area contributed by atoms with Crippen molar-refractivity contribution in [2.75, 3.05) is 24.5 Å². The van der Waals surface area contributed by atoms with E-state index < -0.39 is 0 Å². The van der Waals surface area contributed by atoms with Gasteiger partial charge >= 0.3 is 0 Å². The Kier molecular flexibility index (Phi) is 4.75. The number of H-pyrrole nitrogens is 1. The predicted octanol–water partition coefficient (Wildman–Crippen LogP) is 3.63. The number of hydrogen-bond acceptors (Lipinski definition) is 4. The average molecular weight is 366 g/mol. The molecule has 0 unspecified atom stereocenters. The maximum atomic E-state index is 12.4. The molecule has 0 bridgehead atoms. The Morgan fingerprint density at radius 3 is 3.04 bits per heavy atom. The molecule has 4 rings (SSSR count). The number of amides is 1. The lowest BCUT2D eigenvalue weighted by Gasteiger charge is -2.31. The second-order valence-corrected chi connectivity index (χ2v) is 7.84. The minimum Gasteiger partial charge on any atom is -0.370 e. The fourth-order valence-electron chi connectivity index (χ4n) is 3.38. The summed E-state index contributed by atoms with van der Waals surface area (Å²) < 4.78 is 0. The highest BCUT2D eigenvalue weighted by molar-refractivity contribution is 7.15. The number of benzene rings is 1. The Morgan fingerprint density at radius 2 is 2.19 bits per heavy atom. The van der Waals surface area contributed by atoms with Crippen LogP contribution in [-0.2, 0) is 6.42 Å². The number of carbonyl (C=O) groups excluding carboxylic acids is 1. The molecule has 1 amide bonds. The number of rotatable bonds is 5. The van der Waals surface area contributed by atoms with Gasteiger partial charge in [-0.05, 0) is 49.6 Å². The van der Waals surface area contributed by atoms with Crippen molar-refractivity contribution in [2.24, 2.45) is 0 Å². The van der Waals surface area contributed by atoms with Gasteiger partial charge in [0.2, 0.25) is 0 Å². The van der Waals surface area contributed by atoms with Crippen LogP contribution in [0.15, 0.2) is 42.5 Å². The molecule has 1 aliphatic heterocycles. The number of aromatic nitrogens is 2.